The van der Waals surface area contributed by atoms with Crippen LogP contribution in [0.3, 0.4) is 0 Å². The Morgan fingerprint density at radius 2 is 2.03 bits per heavy atom. The fourth-order valence-electron chi connectivity index (χ4n) is 2.90. The number of benzene rings is 2. The fraction of sp³-hybridized carbons (Fsp3) is 0.150. The molecule has 0 aliphatic rings. The van der Waals surface area contributed by atoms with Crippen LogP contribution in [0.1, 0.15) is 11.6 Å². The molecular formula is C20H16Cl2N4O3. The van der Waals surface area contributed by atoms with Crippen molar-refractivity contribution in [2.75, 3.05) is 5.32 Å². The molecule has 0 atom stereocenters. The Morgan fingerprint density at radius 3 is 2.79 bits per heavy atom. The number of amides is 1. The van der Waals surface area contributed by atoms with Crippen molar-refractivity contribution in [1.29, 1.82) is 0 Å². The molecule has 0 unspecified atom stereocenters. The third-order valence-electron chi connectivity index (χ3n) is 4.18. The van der Waals surface area contributed by atoms with E-state index in [-0.39, 0.29) is 19.1 Å². The van der Waals surface area contributed by atoms with Gasteiger partial charge in [-0.25, -0.2) is 4.98 Å². The number of anilines is 1. The molecule has 0 fully saturated rings. The van der Waals surface area contributed by atoms with Gasteiger partial charge in [0.2, 0.25) is 5.91 Å². The maximum atomic E-state index is 12.5. The van der Waals surface area contributed by atoms with Crippen molar-refractivity contribution in [3.05, 3.63) is 70.2 Å². The van der Waals surface area contributed by atoms with Crippen molar-refractivity contribution in [3.8, 4) is 5.75 Å². The summed E-state index contributed by atoms with van der Waals surface area (Å²) < 4.78 is 12.6. The first-order valence-electron chi connectivity index (χ1n) is 8.75. The lowest BCUT2D eigenvalue weighted by Gasteiger charge is -2.11. The minimum Gasteiger partial charge on any atom is -0.484 e. The molecule has 0 saturated carbocycles. The third kappa shape index (κ3) is 4.36. The van der Waals surface area contributed by atoms with Gasteiger partial charge < -0.3 is 19.1 Å². The van der Waals surface area contributed by atoms with Gasteiger partial charge in [-0.05, 0) is 37.3 Å². The van der Waals surface area contributed by atoms with Crippen LogP contribution in [0.4, 0.5) is 5.82 Å². The second-order valence-corrected chi connectivity index (χ2v) is 7.18. The number of ether oxygens (including phenoxy) is 1. The van der Waals surface area contributed by atoms with Gasteiger partial charge in [-0.1, -0.05) is 40.5 Å². The highest BCUT2D eigenvalue weighted by molar-refractivity contribution is 6.35. The molecule has 148 valence electrons. The zero-order valence-electron chi connectivity index (χ0n) is 15.4. The predicted molar refractivity (Wildman–Crippen MR) is 110 cm³/mol. The van der Waals surface area contributed by atoms with Crippen molar-refractivity contribution in [3.63, 3.8) is 0 Å². The van der Waals surface area contributed by atoms with Crippen LogP contribution in [-0.2, 0) is 17.9 Å². The molecule has 4 rings (SSSR count). The van der Waals surface area contributed by atoms with Gasteiger partial charge in [-0.3, -0.25) is 4.79 Å². The van der Waals surface area contributed by atoms with E-state index in [1.165, 1.54) is 0 Å². The lowest BCUT2D eigenvalue weighted by molar-refractivity contribution is -0.116. The molecule has 1 N–H and O–H groups in total. The van der Waals surface area contributed by atoms with Gasteiger partial charge in [0.15, 0.2) is 5.82 Å². The number of fused-ring (bicyclic) bond motifs is 1. The van der Waals surface area contributed by atoms with Gasteiger partial charge >= 0.3 is 0 Å². The summed E-state index contributed by atoms with van der Waals surface area (Å²) in [6.45, 7) is 1.93. The number of nitrogens with one attached hydrogen (secondary N) is 1. The first kappa shape index (κ1) is 19.3. The van der Waals surface area contributed by atoms with Crippen molar-refractivity contribution in [2.45, 2.75) is 20.1 Å². The van der Waals surface area contributed by atoms with Gasteiger partial charge in [0.05, 0.1) is 16.1 Å². The van der Waals surface area contributed by atoms with E-state index in [2.05, 4.69) is 15.5 Å². The van der Waals surface area contributed by atoms with E-state index in [0.717, 1.165) is 11.0 Å². The number of halogens is 2. The first-order chi connectivity index (χ1) is 14.0. The Bertz CT molecular complexity index is 1190. The lowest BCUT2D eigenvalue weighted by Crippen LogP contribution is -2.21. The van der Waals surface area contributed by atoms with E-state index in [0.29, 0.717) is 33.2 Å². The van der Waals surface area contributed by atoms with Crippen LogP contribution < -0.4 is 10.1 Å². The lowest BCUT2D eigenvalue weighted by atomic mass is 10.3. The molecule has 0 saturated heterocycles. The number of aryl methyl sites for hydroxylation is 1. The topological polar surface area (TPSA) is 82.2 Å². The zero-order valence-corrected chi connectivity index (χ0v) is 16.9. The van der Waals surface area contributed by atoms with E-state index in [4.69, 9.17) is 32.5 Å². The summed E-state index contributed by atoms with van der Waals surface area (Å²) in [7, 11) is 0. The van der Waals surface area contributed by atoms with E-state index in [1.54, 1.807) is 35.8 Å². The molecule has 0 spiro atoms. The minimum absolute atomic E-state index is 0.0411. The summed E-state index contributed by atoms with van der Waals surface area (Å²) in [5.41, 5.74) is 1.58. The number of rotatable bonds is 6. The molecule has 7 nitrogen and oxygen atoms in total. The Hall–Kier alpha value is -3.03. The standard InChI is InChI=1S/C20H16Cl2N4O3/c1-12-8-18(25-29-12)24-20(27)10-26-16-5-3-2-4-15(16)23-19(26)11-28-17-7-6-13(21)9-14(17)22/h2-9H,10-11H2,1H3,(H,24,25,27). The molecule has 2 aromatic heterocycles. The van der Waals surface area contributed by atoms with Crippen molar-refractivity contribution in [2.24, 2.45) is 0 Å². The van der Waals surface area contributed by atoms with Crippen LogP contribution in [0.15, 0.2) is 53.1 Å². The second-order valence-electron chi connectivity index (χ2n) is 6.34. The number of para-hydroxylation sites is 2. The fourth-order valence-corrected chi connectivity index (χ4v) is 3.36. The van der Waals surface area contributed by atoms with Crippen LogP contribution in [0.25, 0.3) is 11.0 Å². The third-order valence-corrected chi connectivity index (χ3v) is 4.71. The largest absolute Gasteiger partial charge is 0.484 e. The summed E-state index contributed by atoms with van der Waals surface area (Å²) in [6, 6.07) is 14.2. The number of aromatic nitrogens is 3. The normalized spacial score (nSPS) is 11.0. The average Bonchev–Trinajstić information content (AvgIpc) is 3.24. The molecular weight excluding hydrogens is 415 g/mol. The van der Waals surface area contributed by atoms with Gasteiger partial charge in [0.1, 0.15) is 30.5 Å². The molecule has 29 heavy (non-hydrogen) atoms. The highest BCUT2D eigenvalue weighted by atomic mass is 35.5. The van der Waals surface area contributed by atoms with Crippen LogP contribution in [0.5, 0.6) is 5.75 Å². The van der Waals surface area contributed by atoms with Gasteiger partial charge in [0, 0.05) is 11.1 Å². The summed E-state index contributed by atoms with van der Waals surface area (Å²) in [6.07, 6.45) is 0. The van der Waals surface area contributed by atoms with Crippen LogP contribution >= 0.6 is 23.2 Å². The van der Waals surface area contributed by atoms with Crippen molar-refractivity contribution >= 4 is 46.0 Å². The van der Waals surface area contributed by atoms with Crippen LogP contribution in [0, 0.1) is 6.92 Å². The van der Waals surface area contributed by atoms with Crippen LogP contribution in [0.2, 0.25) is 10.0 Å². The van der Waals surface area contributed by atoms with Gasteiger partial charge in [-0.15, -0.1) is 0 Å². The van der Waals surface area contributed by atoms with Crippen LogP contribution in [-0.4, -0.2) is 20.6 Å². The number of carbonyl (C=O) groups is 1. The number of hydrogen-bond donors (Lipinski definition) is 1. The molecule has 2 aromatic carbocycles. The molecule has 0 radical (unpaired) electrons. The minimum atomic E-state index is -0.257. The molecule has 2 heterocycles. The first-order valence-corrected chi connectivity index (χ1v) is 9.50. The summed E-state index contributed by atoms with van der Waals surface area (Å²) >= 11 is 12.1. The number of hydrogen-bond acceptors (Lipinski definition) is 5. The molecule has 9 heteroatoms. The van der Waals surface area contributed by atoms with Gasteiger partial charge in [-0.2, -0.15) is 0 Å². The SMILES string of the molecule is Cc1cc(NC(=O)Cn2c(COc3ccc(Cl)cc3Cl)nc3ccccc32)no1. The predicted octanol–water partition coefficient (Wildman–Crippen LogP) is 4.86. The number of imidazole rings is 1. The maximum absolute atomic E-state index is 12.5. The number of nitrogens with zero attached hydrogens (tertiary/aromatic N) is 3. The Morgan fingerprint density at radius 1 is 1.21 bits per heavy atom. The number of carbonyl (C=O) groups excluding carboxylic acids is 1. The van der Waals surface area contributed by atoms with Crippen molar-refractivity contribution < 1.29 is 14.1 Å². The van der Waals surface area contributed by atoms with E-state index < -0.39 is 0 Å². The molecule has 0 bridgehead atoms. The van der Waals surface area contributed by atoms with Gasteiger partial charge in [0.25, 0.3) is 0 Å². The highest BCUT2D eigenvalue weighted by Gasteiger charge is 2.16. The highest BCUT2D eigenvalue weighted by Crippen LogP contribution is 2.28. The average molecular weight is 431 g/mol. The molecule has 4 aromatic rings. The zero-order chi connectivity index (χ0) is 20.4. The van der Waals surface area contributed by atoms with E-state index in [1.807, 2.05) is 24.3 Å². The Labute approximate surface area is 176 Å². The molecule has 0 aliphatic carbocycles. The molecule has 1 amide bonds. The maximum Gasteiger partial charge on any atom is 0.245 e. The second kappa shape index (κ2) is 8.14. The summed E-state index contributed by atoms with van der Waals surface area (Å²) in [5.74, 6) is 1.79. The Balaban J connectivity index is 1.57. The Kier molecular flexibility index (Phi) is 5.42. The molecule has 0 aliphatic heterocycles. The van der Waals surface area contributed by atoms with E-state index >= 15 is 0 Å². The van der Waals surface area contributed by atoms with Crippen molar-refractivity contribution in [1.82, 2.24) is 14.7 Å². The summed E-state index contributed by atoms with van der Waals surface area (Å²) in [4.78, 5) is 17.1. The quantitative estimate of drug-likeness (QED) is 0.472. The monoisotopic (exact) mass is 430 g/mol. The van der Waals surface area contributed by atoms with E-state index in [9.17, 15) is 4.79 Å². The smallest absolute Gasteiger partial charge is 0.245 e. The summed E-state index contributed by atoms with van der Waals surface area (Å²) in [5, 5.41) is 7.42.